The molecule has 2 heterocycles. The molecule has 0 atom stereocenters. The van der Waals surface area contributed by atoms with E-state index in [4.69, 9.17) is 0 Å². The fourth-order valence-electron chi connectivity index (χ4n) is 2.44. The van der Waals surface area contributed by atoms with Crippen molar-refractivity contribution in [2.75, 3.05) is 0 Å². The fourth-order valence-corrected chi connectivity index (χ4v) is 3.76. The summed E-state index contributed by atoms with van der Waals surface area (Å²) in [6.07, 6.45) is 4.50. The second kappa shape index (κ2) is 6.08. The molecule has 8 nitrogen and oxygen atoms in total. The first-order chi connectivity index (χ1) is 11.7. The molecule has 0 saturated carbocycles. The SMILES string of the molecule is Cc1cccc(-n2cc(S(=O)(=O)NC(C)(C)c3cn(C)nn3)cn2)c1. The maximum atomic E-state index is 12.7. The smallest absolute Gasteiger partial charge is 0.244 e. The van der Waals surface area contributed by atoms with Gasteiger partial charge in [0.2, 0.25) is 10.0 Å². The van der Waals surface area contributed by atoms with Gasteiger partial charge in [-0.15, -0.1) is 5.10 Å². The molecule has 0 amide bonds. The lowest BCUT2D eigenvalue weighted by molar-refractivity contribution is 0.459. The highest BCUT2D eigenvalue weighted by atomic mass is 32.2. The molecule has 0 aliphatic heterocycles. The minimum Gasteiger partial charge on any atom is -0.255 e. The molecule has 0 spiro atoms. The molecule has 0 radical (unpaired) electrons. The van der Waals surface area contributed by atoms with Gasteiger partial charge >= 0.3 is 0 Å². The fraction of sp³-hybridized carbons (Fsp3) is 0.312. The van der Waals surface area contributed by atoms with E-state index < -0.39 is 15.6 Å². The van der Waals surface area contributed by atoms with Crippen molar-refractivity contribution < 1.29 is 8.42 Å². The van der Waals surface area contributed by atoms with E-state index in [-0.39, 0.29) is 4.90 Å². The Bertz CT molecular complexity index is 1000. The first kappa shape index (κ1) is 17.3. The first-order valence-electron chi connectivity index (χ1n) is 7.70. The zero-order chi connectivity index (χ0) is 18.2. The Kier molecular flexibility index (Phi) is 4.21. The second-order valence-corrected chi connectivity index (χ2v) is 8.15. The summed E-state index contributed by atoms with van der Waals surface area (Å²) in [7, 11) is -2.04. The van der Waals surface area contributed by atoms with Crippen LogP contribution in [0.3, 0.4) is 0 Å². The van der Waals surface area contributed by atoms with Gasteiger partial charge in [0, 0.05) is 7.05 Å². The van der Waals surface area contributed by atoms with Crippen LogP contribution in [0, 0.1) is 6.92 Å². The Labute approximate surface area is 146 Å². The molecule has 3 rings (SSSR count). The zero-order valence-electron chi connectivity index (χ0n) is 14.5. The molecular formula is C16H20N6O2S. The largest absolute Gasteiger partial charge is 0.255 e. The first-order valence-corrected chi connectivity index (χ1v) is 9.18. The third kappa shape index (κ3) is 3.62. The third-order valence-corrected chi connectivity index (χ3v) is 5.38. The average Bonchev–Trinajstić information content (AvgIpc) is 3.15. The van der Waals surface area contributed by atoms with E-state index in [9.17, 15) is 8.42 Å². The molecule has 0 aliphatic rings. The lowest BCUT2D eigenvalue weighted by atomic mass is 10.0. The number of rotatable bonds is 5. The van der Waals surface area contributed by atoms with Crippen molar-refractivity contribution >= 4 is 10.0 Å². The summed E-state index contributed by atoms with van der Waals surface area (Å²) in [5, 5.41) is 12.0. The van der Waals surface area contributed by atoms with E-state index in [1.54, 1.807) is 27.1 Å². The maximum Gasteiger partial charge on any atom is 0.244 e. The Hall–Kier alpha value is -2.52. The van der Waals surface area contributed by atoms with E-state index >= 15 is 0 Å². The molecule has 0 fully saturated rings. The number of hydrogen-bond acceptors (Lipinski definition) is 5. The van der Waals surface area contributed by atoms with E-state index in [0.717, 1.165) is 11.3 Å². The molecule has 1 aromatic carbocycles. The number of hydrogen-bond donors (Lipinski definition) is 1. The molecule has 9 heteroatoms. The summed E-state index contributed by atoms with van der Waals surface area (Å²) in [5.74, 6) is 0. The molecule has 2 aromatic heterocycles. The van der Waals surface area contributed by atoms with Crippen LogP contribution < -0.4 is 4.72 Å². The van der Waals surface area contributed by atoms with Crippen molar-refractivity contribution in [3.8, 4) is 5.69 Å². The van der Waals surface area contributed by atoms with Gasteiger partial charge in [0.25, 0.3) is 0 Å². The van der Waals surface area contributed by atoms with Gasteiger partial charge in [0.15, 0.2) is 0 Å². The van der Waals surface area contributed by atoms with Crippen LogP contribution in [0.2, 0.25) is 0 Å². The molecule has 0 bridgehead atoms. The van der Waals surface area contributed by atoms with Gasteiger partial charge in [0.05, 0.1) is 29.8 Å². The lowest BCUT2D eigenvalue weighted by Gasteiger charge is -2.22. The summed E-state index contributed by atoms with van der Waals surface area (Å²) in [4.78, 5) is 0.0889. The van der Waals surface area contributed by atoms with Crippen molar-refractivity contribution in [2.45, 2.75) is 31.2 Å². The molecule has 0 aliphatic carbocycles. The molecule has 25 heavy (non-hydrogen) atoms. The Morgan fingerprint density at radius 3 is 2.60 bits per heavy atom. The van der Waals surface area contributed by atoms with Gasteiger partial charge in [-0.3, -0.25) is 4.68 Å². The van der Waals surface area contributed by atoms with Crippen LogP contribution in [0.25, 0.3) is 5.69 Å². The zero-order valence-corrected chi connectivity index (χ0v) is 15.3. The number of nitrogens with zero attached hydrogens (tertiary/aromatic N) is 5. The second-order valence-electron chi connectivity index (χ2n) is 6.47. The number of aromatic nitrogens is 5. The van der Waals surface area contributed by atoms with E-state index in [1.807, 2.05) is 31.2 Å². The monoisotopic (exact) mass is 360 g/mol. The predicted molar refractivity (Wildman–Crippen MR) is 92.7 cm³/mol. The normalized spacial score (nSPS) is 12.5. The van der Waals surface area contributed by atoms with E-state index in [0.29, 0.717) is 5.69 Å². The van der Waals surface area contributed by atoms with Crippen LogP contribution >= 0.6 is 0 Å². The van der Waals surface area contributed by atoms with E-state index in [1.165, 1.54) is 21.8 Å². The Morgan fingerprint density at radius 2 is 1.96 bits per heavy atom. The molecule has 3 aromatic rings. The molecule has 132 valence electrons. The van der Waals surface area contributed by atoms with Crippen LogP contribution in [0.4, 0.5) is 0 Å². The minimum atomic E-state index is -3.76. The molecule has 1 N–H and O–H groups in total. The maximum absolute atomic E-state index is 12.7. The highest BCUT2D eigenvalue weighted by Gasteiger charge is 2.31. The summed E-state index contributed by atoms with van der Waals surface area (Å²) >= 11 is 0. The van der Waals surface area contributed by atoms with Crippen LogP contribution in [-0.4, -0.2) is 33.2 Å². The van der Waals surface area contributed by atoms with Crippen LogP contribution in [0.5, 0.6) is 0 Å². The van der Waals surface area contributed by atoms with Crippen LogP contribution in [0.15, 0.2) is 47.8 Å². The summed E-state index contributed by atoms with van der Waals surface area (Å²) < 4.78 is 31.2. The summed E-state index contributed by atoms with van der Waals surface area (Å²) in [6, 6.07) is 7.67. The molecule has 0 saturated heterocycles. The van der Waals surface area contributed by atoms with Crippen molar-refractivity contribution in [3.05, 3.63) is 54.1 Å². The van der Waals surface area contributed by atoms with Crippen molar-refractivity contribution in [3.63, 3.8) is 0 Å². The van der Waals surface area contributed by atoms with Crippen LogP contribution in [-0.2, 0) is 22.6 Å². The van der Waals surface area contributed by atoms with Gasteiger partial charge in [-0.25, -0.2) is 13.1 Å². The summed E-state index contributed by atoms with van der Waals surface area (Å²) in [6.45, 7) is 5.44. The number of aryl methyl sites for hydroxylation is 2. The number of sulfonamides is 1. The van der Waals surface area contributed by atoms with Crippen molar-refractivity contribution in [1.29, 1.82) is 0 Å². The molecule has 0 unspecified atom stereocenters. The van der Waals surface area contributed by atoms with Gasteiger partial charge in [-0.2, -0.15) is 9.82 Å². The van der Waals surface area contributed by atoms with Gasteiger partial charge in [-0.05, 0) is 38.5 Å². The van der Waals surface area contributed by atoms with Crippen LogP contribution in [0.1, 0.15) is 25.1 Å². The molecular weight excluding hydrogens is 340 g/mol. The highest BCUT2D eigenvalue weighted by molar-refractivity contribution is 7.89. The minimum absolute atomic E-state index is 0.0889. The standard InChI is InChI=1S/C16H20N6O2S/c1-12-6-5-7-13(8-12)22-10-14(9-17-22)25(23,24)19-16(2,3)15-11-21(4)20-18-15/h5-11,19H,1-4H3. The Morgan fingerprint density at radius 1 is 1.20 bits per heavy atom. The predicted octanol–water partition coefficient (Wildman–Crippen LogP) is 1.52. The number of nitrogens with one attached hydrogen (secondary N) is 1. The van der Waals surface area contributed by atoms with Crippen molar-refractivity contribution in [2.24, 2.45) is 7.05 Å². The summed E-state index contributed by atoms with van der Waals surface area (Å²) in [5.41, 5.74) is 1.50. The van der Waals surface area contributed by atoms with Gasteiger partial charge < -0.3 is 0 Å². The van der Waals surface area contributed by atoms with E-state index in [2.05, 4.69) is 20.1 Å². The van der Waals surface area contributed by atoms with Gasteiger partial charge in [-0.1, -0.05) is 17.3 Å². The quantitative estimate of drug-likeness (QED) is 0.744. The number of benzene rings is 1. The third-order valence-electron chi connectivity index (χ3n) is 3.77. The lowest BCUT2D eigenvalue weighted by Crippen LogP contribution is -2.41. The van der Waals surface area contributed by atoms with Gasteiger partial charge in [0.1, 0.15) is 10.6 Å². The highest BCUT2D eigenvalue weighted by Crippen LogP contribution is 2.21. The average molecular weight is 360 g/mol. The topological polar surface area (TPSA) is 94.7 Å². The van der Waals surface area contributed by atoms with Crippen molar-refractivity contribution in [1.82, 2.24) is 29.5 Å². The Balaban J connectivity index is 1.88.